The molecule has 0 amide bonds. The summed E-state index contributed by atoms with van der Waals surface area (Å²) in [6.45, 7) is 5.01. The van der Waals surface area contributed by atoms with Crippen LogP contribution in [-0.2, 0) is 11.2 Å². The van der Waals surface area contributed by atoms with Gasteiger partial charge in [-0.2, -0.15) is 0 Å². The maximum atomic E-state index is 10.5. The summed E-state index contributed by atoms with van der Waals surface area (Å²) in [6.07, 6.45) is 4.49. The average Bonchev–Trinajstić information content (AvgIpc) is 2.89. The van der Waals surface area contributed by atoms with Gasteiger partial charge in [0.05, 0.1) is 5.39 Å². The van der Waals surface area contributed by atoms with Crippen LogP contribution in [0, 0.1) is 5.92 Å². The van der Waals surface area contributed by atoms with Crippen LogP contribution < -0.4 is 5.32 Å². The van der Waals surface area contributed by atoms with Gasteiger partial charge in [0.15, 0.2) is 0 Å². The van der Waals surface area contributed by atoms with Crippen LogP contribution in [0.15, 0.2) is 12.4 Å². The number of carboxylic acid groups (broad SMARTS) is 1. The highest BCUT2D eigenvalue weighted by Crippen LogP contribution is 2.28. The molecule has 0 aromatic carbocycles. The molecule has 0 aliphatic heterocycles. The van der Waals surface area contributed by atoms with Crippen molar-refractivity contribution < 1.29 is 9.90 Å². The molecule has 2 aromatic heterocycles. The van der Waals surface area contributed by atoms with E-state index < -0.39 is 5.97 Å². The first kappa shape index (κ1) is 15.7. The number of nitrogens with zero attached hydrogens (tertiary/aromatic N) is 2. The van der Waals surface area contributed by atoms with E-state index in [1.165, 1.54) is 4.88 Å². The molecule has 1 unspecified atom stereocenters. The number of thiophene rings is 1. The lowest BCUT2D eigenvalue weighted by Crippen LogP contribution is -2.09. The monoisotopic (exact) mass is 307 g/mol. The number of rotatable bonds is 8. The van der Waals surface area contributed by atoms with Crippen molar-refractivity contribution in [1.82, 2.24) is 9.97 Å². The summed E-state index contributed by atoms with van der Waals surface area (Å²) in [5.74, 6) is 0.540. The molecule has 0 spiro atoms. The molecule has 2 aromatic rings. The predicted octanol–water partition coefficient (Wildman–Crippen LogP) is 3.56. The molecule has 2 heterocycles. The SMILES string of the molecule is CCc1cc2c(NCCC(C)CCC(=O)O)ncnc2s1. The highest BCUT2D eigenvalue weighted by atomic mass is 32.1. The van der Waals surface area contributed by atoms with Gasteiger partial charge in [-0.3, -0.25) is 4.79 Å². The molecular formula is C15H21N3O2S. The minimum atomic E-state index is -0.724. The van der Waals surface area contributed by atoms with E-state index >= 15 is 0 Å². The van der Waals surface area contributed by atoms with E-state index in [-0.39, 0.29) is 6.42 Å². The lowest BCUT2D eigenvalue weighted by molar-refractivity contribution is -0.137. The van der Waals surface area contributed by atoms with E-state index in [9.17, 15) is 4.79 Å². The van der Waals surface area contributed by atoms with Crippen LogP contribution in [-0.4, -0.2) is 27.6 Å². The molecule has 0 aliphatic carbocycles. The van der Waals surface area contributed by atoms with E-state index in [1.54, 1.807) is 17.7 Å². The molecule has 0 bridgehead atoms. The summed E-state index contributed by atoms with van der Waals surface area (Å²) >= 11 is 1.71. The van der Waals surface area contributed by atoms with Crippen molar-refractivity contribution in [1.29, 1.82) is 0 Å². The Hall–Kier alpha value is -1.69. The fourth-order valence-corrected chi connectivity index (χ4v) is 3.11. The summed E-state index contributed by atoms with van der Waals surface area (Å²) < 4.78 is 0. The van der Waals surface area contributed by atoms with Crippen LogP contribution in [0.4, 0.5) is 5.82 Å². The van der Waals surface area contributed by atoms with E-state index in [0.717, 1.165) is 35.4 Å². The number of aryl methyl sites for hydroxylation is 1. The average molecular weight is 307 g/mol. The quantitative estimate of drug-likeness (QED) is 0.780. The van der Waals surface area contributed by atoms with Crippen molar-refractivity contribution in [2.24, 2.45) is 5.92 Å². The fraction of sp³-hybridized carbons (Fsp3) is 0.533. The molecule has 21 heavy (non-hydrogen) atoms. The van der Waals surface area contributed by atoms with Gasteiger partial charge in [-0.25, -0.2) is 9.97 Å². The Labute approximate surface area is 128 Å². The van der Waals surface area contributed by atoms with E-state index in [0.29, 0.717) is 12.3 Å². The third-order valence-electron chi connectivity index (χ3n) is 3.51. The van der Waals surface area contributed by atoms with Gasteiger partial charge in [-0.1, -0.05) is 13.8 Å². The van der Waals surface area contributed by atoms with Gasteiger partial charge in [0.25, 0.3) is 0 Å². The first-order valence-electron chi connectivity index (χ1n) is 7.29. The summed E-state index contributed by atoms with van der Waals surface area (Å²) in [5, 5.41) is 13.1. The minimum absolute atomic E-state index is 0.239. The van der Waals surface area contributed by atoms with Crippen molar-refractivity contribution in [2.45, 2.75) is 39.5 Å². The van der Waals surface area contributed by atoms with Crippen LogP contribution >= 0.6 is 11.3 Å². The van der Waals surface area contributed by atoms with Gasteiger partial charge < -0.3 is 10.4 Å². The molecule has 2 rings (SSSR count). The number of aliphatic carboxylic acids is 1. The summed E-state index contributed by atoms with van der Waals surface area (Å²) in [4.78, 5) is 21.5. The van der Waals surface area contributed by atoms with Crippen LogP contribution in [0.3, 0.4) is 0 Å². The Balaban J connectivity index is 1.91. The molecular weight excluding hydrogens is 286 g/mol. The standard InChI is InChI=1S/C15H21N3O2S/c1-3-11-8-12-14(17-9-18-15(12)21-11)16-7-6-10(2)4-5-13(19)20/h8-10H,3-7H2,1-2H3,(H,19,20)(H,16,17,18). The van der Waals surface area contributed by atoms with E-state index in [4.69, 9.17) is 5.11 Å². The number of nitrogens with one attached hydrogen (secondary N) is 1. The topological polar surface area (TPSA) is 75.1 Å². The second-order valence-corrected chi connectivity index (χ2v) is 6.38. The number of anilines is 1. The Morgan fingerprint density at radius 2 is 2.24 bits per heavy atom. The first-order chi connectivity index (χ1) is 10.1. The van der Waals surface area contributed by atoms with Gasteiger partial charge in [0.1, 0.15) is 17.0 Å². The predicted molar refractivity (Wildman–Crippen MR) is 85.9 cm³/mol. The molecule has 2 N–H and O–H groups in total. The van der Waals surface area contributed by atoms with E-state index in [2.05, 4.69) is 35.2 Å². The Bertz CT molecular complexity index is 612. The molecule has 6 heteroatoms. The minimum Gasteiger partial charge on any atom is -0.481 e. The molecule has 0 radical (unpaired) electrons. The van der Waals surface area contributed by atoms with Crippen molar-refractivity contribution in [3.63, 3.8) is 0 Å². The molecule has 114 valence electrons. The first-order valence-corrected chi connectivity index (χ1v) is 8.11. The highest BCUT2D eigenvalue weighted by molar-refractivity contribution is 7.18. The zero-order chi connectivity index (χ0) is 15.2. The Kier molecular flexibility index (Phi) is 5.50. The van der Waals surface area contributed by atoms with Gasteiger partial charge in [-0.15, -0.1) is 11.3 Å². The number of carboxylic acids is 1. The van der Waals surface area contributed by atoms with Crippen LogP contribution in [0.25, 0.3) is 10.2 Å². The van der Waals surface area contributed by atoms with Gasteiger partial charge in [0.2, 0.25) is 0 Å². The maximum Gasteiger partial charge on any atom is 0.303 e. The van der Waals surface area contributed by atoms with Crippen molar-refractivity contribution >= 4 is 33.3 Å². The number of hydrogen-bond donors (Lipinski definition) is 2. The third-order valence-corrected chi connectivity index (χ3v) is 4.70. The van der Waals surface area contributed by atoms with Crippen molar-refractivity contribution in [3.8, 4) is 0 Å². The van der Waals surface area contributed by atoms with E-state index in [1.807, 2.05) is 0 Å². The number of hydrogen-bond acceptors (Lipinski definition) is 5. The Morgan fingerprint density at radius 1 is 1.43 bits per heavy atom. The zero-order valence-electron chi connectivity index (χ0n) is 12.4. The van der Waals surface area contributed by atoms with Gasteiger partial charge in [-0.05, 0) is 31.2 Å². The molecule has 0 aliphatic rings. The summed E-state index contributed by atoms with van der Waals surface area (Å²) in [7, 11) is 0. The van der Waals surface area contributed by atoms with Crippen LogP contribution in [0.5, 0.6) is 0 Å². The molecule has 0 saturated carbocycles. The van der Waals surface area contributed by atoms with Crippen molar-refractivity contribution in [2.75, 3.05) is 11.9 Å². The second kappa shape index (κ2) is 7.36. The smallest absolute Gasteiger partial charge is 0.303 e. The number of aromatic nitrogens is 2. The number of carbonyl (C=O) groups is 1. The third kappa shape index (κ3) is 4.39. The van der Waals surface area contributed by atoms with Crippen molar-refractivity contribution in [3.05, 3.63) is 17.3 Å². The Morgan fingerprint density at radius 3 is 2.95 bits per heavy atom. The van der Waals surface area contributed by atoms with Gasteiger partial charge >= 0.3 is 5.97 Å². The second-order valence-electron chi connectivity index (χ2n) is 5.26. The molecule has 5 nitrogen and oxygen atoms in total. The largest absolute Gasteiger partial charge is 0.481 e. The van der Waals surface area contributed by atoms with Crippen LogP contribution in [0.1, 0.15) is 38.0 Å². The lowest BCUT2D eigenvalue weighted by atomic mass is 10.0. The maximum absolute atomic E-state index is 10.5. The number of fused-ring (bicyclic) bond motifs is 1. The van der Waals surface area contributed by atoms with Gasteiger partial charge in [0, 0.05) is 17.8 Å². The lowest BCUT2D eigenvalue weighted by Gasteiger charge is -2.11. The highest BCUT2D eigenvalue weighted by Gasteiger charge is 2.09. The fourth-order valence-electron chi connectivity index (χ4n) is 2.17. The molecule has 0 saturated heterocycles. The normalized spacial score (nSPS) is 12.5. The zero-order valence-corrected chi connectivity index (χ0v) is 13.2. The molecule has 1 atom stereocenters. The summed E-state index contributed by atoms with van der Waals surface area (Å²) in [6, 6.07) is 2.15. The summed E-state index contributed by atoms with van der Waals surface area (Å²) in [5.41, 5.74) is 0. The van der Waals surface area contributed by atoms with Crippen LogP contribution in [0.2, 0.25) is 0 Å². The molecule has 0 fully saturated rings.